The van der Waals surface area contributed by atoms with Crippen LogP contribution in [0.5, 0.6) is 0 Å². The molecule has 0 saturated heterocycles. The Balaban J connectivity index is 2.24. The first-order valence-corrected chi connectivity index (χ1v) is 5.73. The summed E-state index contributed by atoms with van der Waals surface area (Å²) in [5.74, 6) is 0.850. The zero-order valence-corrected chi connectivity index (χ0v) is 10.6. The van der Waals surface area contributed by atoms with Gasteiger partial charge in [0, 0.05) is 27.3 Å². The van der Waals surface area contributed by atoms with E-state index in [0.717, 1.165) is 29.9 Å². The third kappa shape index (κ3) is 2.74. The molecule has 0 bridgehead atoms. The molecule has 0 aliphatic rings. The van der Waals surface area contributed by atoms with Crippen LogP contribution in [0.15, 0.2) is 12.5 Å². The normalized spacial score (nSPS) is 11.0. The van der Waals surface area contributed by atoms with Crippen LogP contribution in [0.2, 0.25) is 0 Å². The van der Waals surface area contributed by atoms with Gasteiger partial charge in [0.05, 0.1) is 24.8 Å². The van der Waals surface area contributed by atoms with Gasteiger partial charge in [-0.3, -0.25) is 5.10 Å². The van der Waals surface area contributed by atoms with E-state index in [0.29, 0.717) is 13.2 Å². The average Bonchev–Trinajstić information content (AvgIpc) is 2.87. The monoisotopic (exact) mass is 251 g/mol. The highest BCUT2D eigenvalue weighted by molar-refractivity contribution is 5.86. The van der Waals surface area contributed by atoms with Gasteiger partial charge in [-0.05, 0) is 0 Å². The highest BCUT2D eigenvalue weighted by Gasteiger charge is 2.13. The van der Waals surface area contributed by atoms with Crippen LogP contribution in [0.3, 0.4) is 0 Å². The van der Waals surface area contributed by atoms with Crippen LogP contribution in [-0.4, -0.2) is 60.7 Å². The standard InChI is InChI=1S/C11H17N5O2/c1-17-5-3-16(4-6-18-2)11-9-7-14-15-10(9)12-8-13-11/h7-8H,3-6H2,1-2H3,(H,12,13,14,15). The van der Waals surface area contributed by atoms with Crippen molar-refractivity contribution in [2.24, 2.45) is 0 Å². The Morgan fingerprint density at radius 1 is 1.17 bits per heavy atom. The average molecular weight is 251 g/mol. The second-order valence-corrected chi connectivity index (χ2v) is 3.80. The number of aromatic nitrogens is 4. The molecule has 0 unspecified atom stereocenters. The molecule has 0 spiro atoms. The predicted octanol–water partition coefficient (Wildman–Crippen LogP) is 0.452. The summed E-state index contributed by atoms with van der Waals surface area (Å²) >= 11 is 0. The smallest absolute Gasteiger partial charge is 0.160 e. The molecule has 0 aromatic carbocycles. The largest absolute Gasteiger partial charge is 0.383 e. The second-order valence-electron chi connectivity index (χ2n) is 3.80. The third-order valence-corrected chi connectivity index (χ3v) is 2.66. The Hall–Kier alpha value is -1.73. The number of fused-ring (bicyclic) bond motifs is 1. The summed E-state index contributed by atoms with van der Waals surface area (Å²) < 4.78 is 10.2. The molecule has 0 fully saturated rings. The van der Waals surface area contributed by atoms with Crippen LogP contribution >= 0.6 is 0 Å². The van der Waals surface area contributed by atoms with Crippen molar-refractivity contribution < 1.29 is 9.47 Å². The molecule has 2 aromatic rings. The quantitative estimate of drug-likeness (QED) is 0.770. The number of nitrogens with one attached hydrogen (secondary N) is 1. The predicted molar refractivity (Wildman–Crippen MR) is 67.6 cm³/mol. The third-order valence-electron chi connectivity index (χ3n) is 2.66. The molecule has 7 heteroatoms. The van der Waals surface area contributed by atoms with Gasteiger partial charge in [0.15, 0.2) is 5.65 Å². The number of hydrogen-bond acceptors (Lipinski definition) is 6. The Morgan fingerprint density at radius 3 is 2.56 bits per heavy atom. The van der Waals surface area contributed by atoms with E-state index in [1.54, 1.807) is 20.4 Å². The van der Waals surface area contributed by atoms with E-state index in [1.807, 2.05) is 0 Å². The first-order chi connectivity index (χ1) is 8.86. The number of aromatic amines is 1. The Bertz CT molecular complexity index is 479. The molecule has 18 heavy (non-hydrogen) atoms. The highest BCUT2D eigenvalue weighted by atomic mass is 16.5. The zero-order chi connectivity index (χ0) is 12.8. The fourth-order valence-corrected chi connectivity index (χ4v) is 1.73. The number of rotatable bonds is 7. The lowest BCUT2D eigenvalue weighted by Gasteiger charge is -2.23. The fraction of sp³-hybridized carbons (Fsp3) is 0.545. The second kappa shape index (κ2) is 6.27. The van der Waals surface area contributed by atoms with E-state index in [9.17, 15) is 0 Å². The van der Waals surface area contributed by atoms with E-state index < -0.39 is 0 Å². The van der Waals surface area contributed by atoms with Crippen molar-refractivity contribution in [3.63, 3.8) is 0 Å². The van der Waals surface area contributed by atoms with Gasteiger partial charge >= 0.3 is 0 Å². The zero-order valence-electron chi connectivity index (χ0n) is 10.6. The molecule has 2 aromatic heterocycles. The van der Waals surface area contributed by atoms with Crippen molar-refractivity contribution in [3.05, 3.63) is 12.5 Å². The van der Waals surface area contributed by atoms with Crippen LogP contribution < -0.4 is 4.90 Å². The van der Waals surface area contributed by atoms with Gasteiger partial charge in [0.2, 0.25) is 0 Å². The molecule has 0 atom stereocenters. The molecule has 7 nitrogen and oxygen atoms in total. The SMILES string of the molecule is COCCN(CCOC)c1ncnc2[nH]ncc12. The summed E-state index contributed by atoms with van der Waals surface area (Å²) in [6.45, 7) is 2.76. The minimum absolute atomic E-state index is 0.632. The summed E-state index contributed by atoms with van der Waals surface area (Å²) in [4.78, 5) is 10.6. The molecule has 2 heterocycles. The first-order valence-electron chi connectivity index (χ1n) is 5.73. The molecule has 0 amide bonds. The number of ether oxygens (including phenoxy) is 2. The summed E-state index contributed by atoms with van der Waals surface area (Å²) in [6.07, 6.45) is 3.26. The van der Waals surface area contributed by atoms with E-state index in [-0.39, 0.29) is 0 Å². The lowest BCUT2D eigenvalue weighted by molar-refractivity contribution is 0.190. The molecule has 1 N–H and O–H groups in total. The van der Waals surface area contributed by atoms with Crippen molar-refractivity contribution >= 4 is 16.9 Å². The van der Waals surface area contributed by atoms with E-state index >= 15 is 0 Å². The molecule has 0 radical (unpaired) electrons. The first kappa shape index (κ1) is 12.7. The molecule has 2 rings (SSSR count). The van der Waals surface area contributed by atoms with Crippen molar-refractivity contribution in [3.8, 4) is 0 Å². The Morgan fingerprint density at radius 2 is 1.89 bits per heavy atom. The number of H-pyrrole nitrogens is 1. The number of nitrogens with zero attached hydrogens (tertiary/aromatic N) is 4. The van der Waals surface area contributed by atoms with Crippen molar-refractivity contribution in [1.82, 2.24) is 20.2 Å². The van der Waals surface area contributed by atoms with Crippen LogP contribution in [-0.2, 0) is 9.47 Å². The summed E-state index contributed by atoms with van der Waals surface area (Å²) in [7, 11) is 3.36. The van der Waals surface area contributed by atoms with Crippen molar-refractivity contribution in [1.29, 1.82) is 0 Å². The van der Waals surface area contributed by atoms with Crippen LogP contribution in [0, 0.1) is 0 Å². The van der Waals surface area contributed by atoms with E-state index in [4.69, 9.17) is 9.47 Å². The Kier molecular flexibility index (Phi) is 4.43. The summed E-state index contributed by atoms with van der Waals surface area (Å²) in [6, 6.07) is 0. The summed E-state index contributed by atoms with van der Waals surface area (Å²) in [5.41, 5.74) is 0.736. The molecular weight excluding hydrogens is 234 g/mol. The van der Waals surface area contributed by atoms with E-state index in [2.05, 4.69) is 25.1 Å². The maximum Gasteiger partial charge on any atom is 0.160 e. The lowest BCUT2D eigenvalue weighted by atomic mass is 10.3. The van der Waals surface area contributed by atoms with Gasteiger partial charge in [0.1, 0.15) is 12.1 Å². The van der Waals surface area contributed by atoms with Crippen LogP contribution in [0.25, 0.3) is 11.0 Å². The van der Waals surface area contributed by atoms with E-state index in [1.165, 1.54) is 6.33 Å². The van der Waals surface area contributed by atoms with Crippen molar-refractivity contribution in [2.45, 2.75) is 0 Å². The van der Waals surface area contributed by atoms with Gasteiger partial charge < -0.3 is 14.4 Å². The molecule has 0 aliphatic carbocycles. The minimum Gasteiger partial charge on any atom is -0.383 e. The molecule has 0 saturated carbocycles. The minimum atomic E-state index is 0.632. The van der Waals surface area contributed by atoms with Crippen molar-refractivity contribution in [2.75, 3.05) is 45.4 Å². The molecule has 98 valence electrons. The van der Waals surface area contributed by atoms with Gasteiger partial charge in [-0.15, -0.1) is 0 Å². The van der Waals surface area contributed by atoms with Crippen LogP contribution in [0.4, 0.5) is 5.82 Å². The highest BCUT2D eigenvalue weighted by Crippen LogP contribution is 2.20. The number of methoxy groups -OCH3 is 2. The fourth-order valence-electron chi connectivity index (χ4n) is 1.73. The maximum atomic E-state index is 5.12. The maximum absolute atomic E-state index is 5.12. The van der Waals surface area contributed by atoms with Crippen LogP contribution in [0.1, 0.15) is 0 Å². The number of hydrogen-bond donors (Lipinski definition) is 1. The van der Waals surface area contributed by atoms with Gasteiger partial charge in [-0.1, -0.05) is 0 Å². The van der Waals surface area contributed by atoms with Gasteiger partial charge in [-0.25, -0.2) is 9.97 Å². The number of anilines is 1. The lowest BCUT2D eigenvalue weighted by Crippen LogP contribution is -2.31. The topological polar surface area (TPSA) is 76.2 Å². The Labute approximate surface area is 105 Å². The summed E-state index contributed by atoms with van der Waals surface area (Å²) in [5, 5.41) is 7.73. The molecule has 0 aliphatic heterocycles. The molecular formula is C11H17N5O2. The van der Waals surface area contributed by atoms with Gasteiger partial charge in [0.25, 0.3) is 0 Å². The van der Waals surface area contributed by atoms with Gasteiger partial charge in [-0.2, -0.15) is 5.10 Å².